The summed E-state index contributed by atoms with van der Waals surface area (Å²) in [5.74, 6) is 2.39. The minimum absolute atomic E-state index is 0.688. The third-order valence-corrected chi connectivity index (χ3v) is 6.80. The molecule has 0 saturated heterocycles. The normalized spacial score (nSPS) is 11.5. The van der Waals surface area contributed by atoms with Gasteiger partial charge in [-0.25, -0.2) is 15.0 Å². The molecule has 7 rings (SSSR count). The van der Waals surface area contributed by atoms with Crippen LogP contribution in [0.25, 0.3) is 61.7 Å². The maximum absolute atomic E-state index is 5.11. The van der Waals surface area contributed by atoms with E-state index in [9.17, 15) is 0 Å². The fraction of sp³-hybridized carbons (Fsp3) is 0.0312. The molecule has 3 heterocycles. The van der Waals surface area contributed by atoms with Crippen LogP contribution >= 0.6 is 0 Å². The molecule has 4 nitrogen and oxygen atoms in total. The van der Waals surface area contributed by atoms with Crippen molar-refractivity contribution in [2.45, 2.75) is 6.92 Å². The van der Waals surface area contributed by atoms with Gasteiger partial charge in [0, 0.05) is 33.5 Å². The Morgan fingerprint density at radius 2 is 1.22 bits per heavy atom. The zero-order chi connectivity index (χ0) is 24.1. The number of hydrogen-bond donors (Lipinski definition) is 0. The van der Waals surface area contributed by atoms with Crippen molar-refractivity contribution in [2.75, 3.05) is 0 Å². The van der Waals surface area contributed by atoms with Crippen LogP contribution in [0.3, 0.4) is 0 Å². The van der Waals surface area contributed by atoms with Gasteiger partial charge in [0.15, 0.2) is 5.82 Å². The first kappa shape index (κ1) is 20.5. The summed E-state index contributed by atoms with van der Waals surface area (Å²) in [7, 11) is 0. The van der Waals surface area contributed by atoms with Crippen LogP contribution in [0.1, 0.15) is 5.56 Å². The van der Waals surface area contributed by atoms with E-state index in [1.54, 1.807) is 0 Å². The fourth-order valence-corrected chi connectivity index (χ4v) is 5.09. The predicted octanol–water partition coefficient (Wildman–Crippen LogP) is 7.72. The van der Waals surface area contributed by atoms with E-state index in [4.69, 9.17) is 15.0 Å². The van der Waals surface area contributed by atoms with Crippen LogP contribution in [0, 0.1) is 6.92 Å². The molecule has 0 spiro atoms. The number of nitrogens with zero attached hydrogens (tertiary/aromatic N) is 4. The van der Waals surface area contributed by atoms with Crippen molar-refractivity contribution in [2.24, 2.45) is 0 Å². The number of aryl methyl sites for hydroxylation is 1. The second kappa shape index (κ2) is 8.14. The van der Waals surface area contributed by atoms with Gasteiger partial charge in [-0.05, 0) is 24.6 Å². The SMILES string of the molecule is Cc1c2c3ccccc3nc-2n(-c2cc(-c3ccccc3)nc(-c3ccccc3)n2)c2ccccc12. The average molecular weight is 463 g/mol. The molecule has 170 valence electrons. The predicted molar refractivity (Wildman–Crippen MR) is 146 cm³/mol. The summed E-state index contributed by atoms with van der Waals surface area (Å²) in [6.45, 7) is 2.19. The van der Waals surface area contributed by atoms with E-state index >= 15 is 0 Å². The molecule has 0 bridgehead atoms. The van der Waals surface area contributed by atoms with E-state index in [-0.39, 0.29) is 0 Å². The van der Waals surface area contributed by atoms with E-state index in [2.05, 4.69) is 84.3 Å². The van der Waals surface area contributed by atoms with Gasteiger partial charge in [-0.2, -0.15) is 0 Å². The molecule has 4 aromatic carbocycles. The van der Waals surface area contributed by atoms with Crippen molar-refractivity contribution in [1.82, 2.24) is 19.5 Å². The van der Waals surface area contributed by atoms with E-state index in [1.165, 1.54) is 10.9 Å². The lowest BCUT2D eigenvalue weighted by Crippen LogP contribution is -2.09. The van der Waals surface area contributed by atoms with Gasteiger partial charge in [-0.3, -0.25) is 4.57 Å². The highest BCUT2D eigenvalue weighted by atomic mass is 15.1. The van der Waals surface area contributed by atoms with Gasteiger partial charge in [-0.1, -0.05) is 97.1 Å². The van der Waals surface area contributed by atoms with Crippen LogP contribution in [-0.4, -0.2) is 19.5 Å². The molecule has 0 saturated carbocycles. The Labute approximate surface area is 208 Å². The van der Waals surface area contributed by atoms with Gasteiger partial charge < -0.3 is 0 Å². The molecule has 0 unspecified atom stereocenters. The van der Waals surface area contributed by atoms with Gasteiger partial charge in [0.1, 0.15) is 11.6 Å². The van der Waals surface area contributed by atoms with Crippen molar-refractivity contribution in [3.63, 3.8) is 0 Å². The van der Waals surface area contributed by atoms with Gasteiger partial charge in [0.2, 0.25) is 0 Å². The molecule has 0 amide bonds. The van der Waals surface area contributed by atoms with Crippen LogP contribution < -0.4 is 0 Å². The summed E-state index contributed by atoms with van der Waals surface area (Å²) in [6.07, 6.45) is 0. The van der Waals surface area contributed by atoms with E-state index in [0.29, 0.717) is 5.82 Å². The molecular formula is C32H22N4. The first-order valence-corrected chi connectivity index (χ1v) is 12.1. The summed E-state index contributed by atoms with van der Waals surface area (Å²) in [5, 5.41) is 2.34. The summed E-state index contributed by atoms with van der Waals surface area (Å²) in [4.78, 5) is 15.2. The Morgan fingerprint density at radius 1 is 0.583 bits per heavy atom. The van der Waals surface area contributed by atoms with Crippen LogP contribution in [0.15, 0.2) is 115 Å². The first-order valence-electron chi connectivity index (χ1n) is 12.1. The van der Waals surface area contributed by atoms with Crippen molar-refractivity contribution in [3.05, 3.63) is 121 Å². The lowest BCUT2D eigenvalue weighted by atomic mass is 10.00. The maximum Gasteiger partial charge on any atom is 0.162 e. The van der Waals surface area contributed by atoms with Crippen molar-refractivity contribution in [3.8, 4) is 39.9 Å². The standard InChI is InChI=1S/C32H22N4/c1-21-24-16-9-11-19-28(24)36(32-30(21)25-17-8-10-18-26(25)34-32)29-20-27(22-12-4-2-5-13-22)33-31(35-29)23-14-6-3-7-15-23/h2-20H,1H3. The van der Waals surface area contributed by atoms with Crippen LogP contribution in [0.5, 0.6) is 0 Å². The topological polar surface area (TPSA) is 43.6 Å². The molecule has 2 aliphatic rings. The number of benzene rings is 4. The molecule has 4 heteroatoms. The second-order valence-electron chi connectivity index (χ2n) is 8.97. The molecule has 0 fully saturated rings. The van der Waals surface area contributed by atoms with E-state index in [0.717, 1.165) is 50.4 Å². The fourth-order valence-electron chi connectivity index (χ4n) is 5.09. The number of pyridine rings is 1. The second-order valence-corrected chi connectivity index (χ2v) is 8.97. The summed E-state index contributed by atoms with van der Waals surface area (Å²) in [5.41, 5.74) is 7.34. The Morgan fingerprint density at radius 3 is 2.00 bits per heavy atom. The summed E-state index contributed by atoms with van der Waals surface area (Å²) >= 11 is 0. The minimum atomic E-state index is 0.688. The molecular weight excluding hydrogens is 440 g/mol. The molecule has 0 atom stereocenters. The number of aromatic nitrogens is 4. The molecule has 2 aliphatic heterocycles. The van der Waals surface area contributed by atoms with Gasteiger partial charge in [-0.15, -0.1) is 0 Å². The zero-order valence-corrected chi connectivity index (χ0v) is 19.8. The smallest absolute Gasteiger partial charge is 0.162 e. The van der Waals surface area contributed by atoms with E-state index in [1.807, 2.05) is 42.5 Å². The van der Waals surface area contributed by atoms with Gasteiger partial charge in [0.05, 0.1) is 16.7 Å². The number of rotatable bonds is 3. The molecule has 1 aromatic heterocycles. The number of hydrogen-bond acceptors (Lipinski definition) is 3. The molecule has 0 aliphatic carbocycles. The third-order valence-electron chi connectivity index (χ3n) is 6.80. The molecule has 0 radical (unpaired) electrons. The average Bonchev–Trinajstić information content (AvgIpc) is 3.33. The third kappa shape index (κ3) is 3.19. The van der Waals surface area contributed by atoms with E-state index < -0.39 is 0 Å². The highest BCUT2D eigenvalue weighted by molar-refractivity contribution is 6.04. The lowest BCUT2D eigenvalue weighted by molar-refractivity contribution is 0.991. The number of fused-ring (bicyclic) bond motifs is 4. The summed E-state index contributed by atoms with van der Waals surface area (Å²) < 4.78 is 2.19. The monoisotopic (exact) mass is 462 g/mol. The minimum Gasteiger partial charge on any atom is -0.278 e. The Kier molecular flexibility index (Phi) is 4.64. The lowest BCUT2D eigenvalue weighted by Gasteiger charge is -2.19. The highest BCUT2D eigenvalue weighted by Crippen LogP contribution is 2.40. The largest absolute Gasteiger partial charge is 0.278 e. The van der Waals surface area contributed by atoms with Crippen LogP contribution in [-0.2, 0) is 0 Å². The molecule has 36 heavy (non-hydrogen) atoms. The maximum atomic E-state index is 5.11. The molecule has 0 N–H and O–H groups in total. The first-order chi connectivity index (χ1) is 17.8. The van der Waals surface area contributed by atoms with Crippen molar-refractivity contribution in [1.29, 1.82) is 0 Å². The number of para-hydroxylation sites is 2. The Balaban J connectivity index is 1.61. The summed E-state index contributed by atoms with van der Waals surface area (Å²) in [6, 6.07) is 39.3. The molecule has 5 aromatic rings. The van der Waals surface area contributed by atoms with Gasteiger partial charge >= 0.3 is 0 Å². The van der Waals surface area contributed by atoms with Crippen molar-refractivity contribution < 1.29 is 0 Å². The van der Waals surface area contributed by atoms with Crippen molar-refractivity contribution >= 4 is 21.8 Å². The zero-order valence-electron chi connectivity index (χ0n) is 19.8. The van der Waals surface area contributed by atoms with Crippen LogP contribution in [0.4, 0.5) is 0 Å². The highest BCUT2D eigenvalue weighted by Gasteiger charge is 2.23. The Bertz CT molecular complexity index is 1780. The quantitative estimate of drug-likeness (QED) is 0.270. The van der Waals surface area contributed by atoms with Crippen LogP contribution in [0.2, 0.25) is 0 Å². The Hall–Kier alpha value is -4.83. The van der Waals surface area contributed by atoms with Gasteiger partial charge in [0.25, 0.3) is 0 Å².